The molecule has 0 atom stereocenters. The average Bonchev–Trinajstić information content (AvgIpc) is 2.16. The van der Waals surface area contributed by atoms with Crippen molar-refractivity contribution in [3.8, 4) is 0 Å². The van der Waals surface area contributed by atoms with Crippen LogP contribution >= 0.6 is 15.9 Å². The smallest absolute Gasteiger partial charge is 0.234 e. The predicted molar refractivity (Wildman–Crippen MR) is 57.3 cm³/mol. The van der Waals surface area contributed by atoms with Crippen LogP contribution in [0.5, 0.6) is 0 Å². The fourth-order valence-corrected chi connectivity index (χ4v) is 2.03. The van der Waals surface area contributed by atoms with Crippen LogP contribution in [0, 0.1) is 6.92 Å². The summed E-state index contributed by atoms with van der Waals surface area (Å²) in [6.07, 6.45) is 3.02. The van der Waals surface area contributed by atoms with Crippen LogP contribution in [0.2, 0.25) is 0 Å². The Kier molecular flexibility index (Phi) is 2.11. The minimum atomic E-state index is -0.455. The summed E-state index contributed by atoms with van der Waals surface area (Å²) in [6, 6.07) is 3.70. The van der Waals surface area contributed by atoms with E-state index in [0.29, 0.717) is 10.0 Å². The van der Waals surface area contributed by atoms with Crippen LogP contribution in [-0.4, -0.2) is 11.6 Å². The number of Topliss-reactive ketones (excluding diaryl/α,β-unsaturated/α-hetero) is 1. The molecule has 14 heavy (non-hydrogen) atoms. The number of allylic oxidation sites excluding steroid dienone is 1. The van der Waals surface area contributed by atoms with E-state index < -0.39 is 11.6 Å². The molecule has 0 saturated heterocycles. The average molecular weight is 251 g/mol. The number of carbonyl (C=O) groups is 2. The van der Waals surface area contributed by atoms with E-state index in [4.69, 9.17) is 0 Å². The molecule has 0 amide bonds. The first-order valence-corrected chi connectivity index (χ1v) is 4.96. The molecule has 0 unspecified atom stereocenters. The molecule has 1 aliphatic rings. The molecular weight excluding hydrogens is 244 g/mol. The van der Waals surface area contributed by atoms with Gasteiger partial charge in [0.1, 0.15) is 0 Å². The molecular formula is C11H7BrO2. The predicted octanol–water partition coefficient (Wildman–Crippen LogP) is 2.54. The number of ketones is 2. The van der Waals surface area contributed by atoms with Gasteiger partial charge in [-0.2, -0.15) is 0 Å². The number of aryl methyl sites for hydroxylation is 1. The highest BCUT2D eigenvalue weighted by atomic mass is 79.9. The quantitative estimate of drug-likeness (QED) is 0.664. The van der Waals surface area contributed by atoms with Gasteiger partial charge in [0.15, 0.2) is 0 Å². The Labute approximate surface area is 89.8 Å². The van der Waals surface area contributed by atoms with Crippen LogP contribution in [0.4, 0.5) is 0 Å². The lowest BCUT2D eigenvalue weighted by molar-refractivity contribution is -0.110. The third kappa shape index (κ3) is 1.24. The van der Waals surface area contributed by atoms with Gasteiger partial charge >= 0.3 is 0 Å². The normalized spacial score (nSPS) is 14.4. The Morgan fingerprint density at radius 2 is 1.86 bits per heavy atom. The van der Waals surface area contributed by atoms with Gasteiger partial charge in [-0.25, -0.2) is 0 Å². The first-order chi connectivity index (χ1) is 6.61. The van der Waals surface area contributed by atoms with Gasteiger partial charge in [0, 0.05) is 10.0 Å². The summed E-state index contributed by atoms with van der Waals surface area (Å²) in [4.78, 5) is 22.7. The monoisotopic (exact) mass is 250 g/mol. The summed E-state index contributed by atoms with van der Waals surface area (Å²) in [7, 11) is 0. The Bertz CT molecular complexity index is 472. The molecule has 0 aliphatic heterocycles. The second-order valence-corrected chi connectivity index (χ2v) is 4.03. The van der Waals surface area contributed by atoms with Crippen molar-refractivity contribution in [3.63, 3.8) is 0 Å². The van der Waals surface area contributed by atoms with Crippen molar-refractivity contribution in [2.45, 2.75) is 6.92 Å². The first kappa shape index (κ1) is 9.34. The van der Waals surface area contributed by atoms with E-state index in [-0.39, 0.29) is 0 Å². The molecule has 0 radical (unpaired) electrons. The fourth-order valence-electron chi connectivity index (χ4n) is 1.50. The lowest BCUT2D eigenvalue weighted by Crippen LogP contribution is -2.17. The summed E-state index contributed by atoms with van der Waals surface area (Å²) < 4.78 is 0.681. The van der Waals surface area contributed by atoms with Crippen molar-refractivity contribution in [3.05, 3.63) is 39.4 Å². The van der Waals surface area contributed by atoms with Crippen molar-refractivity contribution in [1.82, 2.24) is 0 Å². The van der Waals surface area contributed by atoms with Crippen molar-refractivity contribution in [2.24, 2.45) is 0 Å². The molecule has 0 aromatic heterocycles. The maximum atomic E-state index is 11.6. The Balaban J connectivity index is 2.79. The molecule has 0 N–H and O–H groups in total. The molecule has 3 heteroatoms. The molecule has 0 heterocycles. The number of fused-ring (bicyclic) bond motifs is 1. The molecule has 2 rings (SSSR count). The van der Waals surface area contributed by atoms with E-state index in [2.05, 4.69) is 15.9 Å². The van der Waals surface area contributed by atoms with Crippen molar-refractivity contribution < 1.29 is 9.59 Å². The van der Waals surface area contributed by atoms with Gasteiger partial charge < -0.3 is 0 Å². The molecule has 1 aromatic carbocycles. The van der Waals surface area contributed by atoms with Crippen molar-refractivity contribution in [2.75, 3.05) is 0 Å². The van der Waals surface area contributed by atoms with Gasteiger partial charge in [-0.15, -0.1) is 0 Å². The van der Waals surface area contributed by atoms with Gasteiger partial charge in [-0.05, 0) is 36.3 Å². The maximum absolute atomic E-state index is 11.6. The minimum Gasteiger partial charge on any atom is -0.286 e. The number of benzene rings is 1. The minimum absolute atomic E-state index is 0.432. The van der Waals surface area contributed by atoms with Gasteiger partial charge in [-0.3, -0.25) is 9.59 Å². The second kappa shape index (κ2) is 3.17. The lowest BCUT2D eigenvalue weighted by atomic mass is 9.92. The van der Waals surface area contributed by atoms with Gasteiger partial charge in [0.25, 0.3) is 0 Å². The van der Waals surface area contributed by atoms with Crippen molar-refractivity contribution in [1.29, 1.82) is 0 Å². The maximum Gasteiger partial charge on any atom is 0.234 e. The number of hydrogen-bond donors (Lipinski definition) is 0. The second-order valence-electron chi connectivity index (χ2n) is 3.18. The van der Waals surface area contributed by atoms with E-state index in [1.165, 1.54) is 6.08 Å². The van der Waals surface area contributed by atoms with E-state index in [1.807, 2.05) is 13.0 Å². The zero-order chi connectivity index (χ0) is 10.3. The molecule has 0 bridgehead atoms. The number of rotatable bonds is 0. The molecule has 0 saturated carbocycles. The number of carbonyl (C=O) groups excluding carboxylic acids is 2. The highest BCUT2D eigenvalue weighted by molar-refractivity contribution is 9.10. The summed E-state index contributed by atoms with van der Waals surface area (Å²) >= 11 is 3.28. The van der Waals surface area contributed by atoms with E-state index in [0.717, 1.165) is 11.1 Å². The summed E-state index contributed by atoms with van der Waals surface area (Å²) in [5, 5.41) is 0. The number of halogens is 1. The topological polar surface area (TPSA) is 34.1 Å². The van der Waals surface area contributed by atoms with Gasteiger partial charge in [0.2, 0.25) is 11.6 Å². The first-order valence-electron chi connectivity index (χ1n) is 4.17. The number of hydrogen-bond acceptors (Lipinski definition) is 2. The van der Waals surface area contributed by atoms with Gasteiger partial charge in [-0.1, -0.05) is 22.0 Å². The molecule has 1 aromatic rings. The van der Waals surface area contributed by atoms with Crippen LogP contribution in [-0.2, 0) is 4.79 Å². The van der Waals surface area contributed by atoms with E-state index in [9.17, 15) is 9.59 Å². The zero-order valence-corrected chi connectivity index (χ0v) is 9.09. The Hall–Kier alpha value is -1.22. The third-order valence-electron chi connectivity index (χ3n) is 2.26. The SMILES string of the molecule is Cc1ccc(Br)c2c1C=CC(=O)C2=O. The Morgan fingerprint density at radius 1 is 1.14 bits per heavy atom. The standard InChI is InChI=1S/C11H7BrO2/c1-6-2-4-8(12)10-7(6)3-5-9(13)11(10)14/h2-5H,1H3. The molecule has 0 fully saturated rings. The molecule has 0 spiro atoms. The molecule has 1 aliphatic carbocycles. The molecule has 70 valence electrons. The van der Waals surface area contributed by atoms with Crippen LogP contribution in [0.1, 0.15) is 21.5 Å². The van der Waals surface area contributed by atoms with E-state index >= 15 is 0 Å². The highest BCUT2D eigenvalue weighted by Gasteiger charge is 2.24. The summed E-state index contributed by atoms with van der Waals surface area (Å²) in [5.74, 6) is -0.887. The van der Waals surface area contributed by atoms with Crippen LogP contribution < -0.4 is 0 Å². The zero-order valence-electron chi connectivity index (χ0n) is 7.50. The van der Waals surface area contributed by atoms with E-state index in [1.54, 1.807) is 12.1 Å². The lowest BCUT2D eigenvalue weighted by Gasteiger charge is -2.12. The van der Waals surface area contributed by atoms with Crippen LogP contribution in [0.3, 0.4) is 0 Å². The van der Waals surface area contributed by atoms with Crippen LogP contribution in [0.15, 0.2) is 22.7 Å². The fraction of sp³-hybridized carbons (Fsp3) is 0.0909. The molecule has 2 nitrogen and oxygen atoms in total. The Morgan fingerprint density at radius 3 is 2.57 bits per heavy atom. The summed E-state index contributed by atoms with van der Waals surface area (Å²) in [5.41, 5.74) is 2.32. The largest absolute Gasteiger partial charge is 0.286 e. The highest BCUT2D eigenvalue weighted by Crippen LogP contribution is 2.28. The van der Waals surface area contributed by atoms with Crippen LogP contribution in [0.25, 0.3) is 6.08 Å². The van der Waals surface area contributed by atoms with Gasteiger partial charge in [0.05, 0.1) is 0 Å². The summed E-state index contributed by atoms with van der Waals surface area (Å²) in [6.45, 7) is 1.92. The third-order valence-corrected chi connectivity index (χ3v) is 2.93. The van der Waals surface area contributed by atoms with Crippen molar-refractivity contribution >= 4 is 33.6 Å².